The topological polar surface area (TPSA) is 15.7 Å². The summed E-state index contributed by atoms with van der Waals surface area (Å²) in [5.74, 6) is -0.161. The number of hydrogen-bond acceptors (Lipinski definition) is 3. The molecule has 0 aromatic heterocycles. The van der Waals surface area contributed by atoms with Crippen LogP contribution in [-0.2, 0) is 6.54 Å². The Balaban J connectivity index is 1.57. The van der Waals surface area contributed by atoms with Gasteiger partial charge in [-0.05, 0) is 38.0 Å². The van der Waals surface area contributed by atoms with Crippen molar-refractivity contribution in [2.45, 2.75) is 51.3 Å². The maximum absolute atomic E-state index is 12.1. The van der Waals surface area contributed by atoms with Crippen LogP contribution in [-0.4, -0.2) is 47.4 Å². The fourth-order valence-corrected chi connectivity index (χ4v) is 3.41. The number of piperidine rings is 1. The van der Waals surface area contributed by atoms with E-state index >= 15 is 0 Å². The molecule has 2 unspecified atom stereocenters. The van der Waals surface area contributed by atoms with Gasteiger partial charge in [-0.15, -0.1) is 13.2 Å². The Morgan fingerprint density at radius 3 is 2.23 bits per heavy atom. The van der Waals surface area contributed by atoms with E-state index in [1.165, 1.54) is 18.6 Å². The first-order chi connectivity index (χ1) is 10.3. The maximum Gasteiger partial charge on any atom is 0.573 e. The lowest BCUT2D eigenvalue weighted by molar-refractivity contribution is -0.274. The molecule has 122 valence electrons. The largest absolute Gasteiger partial charge is 0.573 e. The summed E-state index contributed by atoms with van der Waals surface area (Å²) in [4.78, 5) is 4.95. The number of hydrogen-bond donors (Lipinski definition) is 0. The molecule has 3 aliphatic rings. The Morgan fingerprint density at radius 2 is 1.73 bits per heavy atom. The molecule has 3 heterocycles. The Hall–Kier alpha value is -1.27. The van der Waals surface area contributed by atoms with Crippen molar-refractivity contribution in [1.82, 2.24) is 9.80 Å². The van der Waals surface area contributed by atoms with E-state index in [0.29, 0.717) is 18.1 Å². The number of alkyl halides is 3. The highest BCUT2D eigenvalue weighted by Crippen LogP contribution is 2.34. The molecule has 2 atom stereocenters. The molecule has 3 nitrogen and oxygen atoms in total. The van der Waals surface area contributed by atoms with Gasteiger partial charge in [-0.3, -0.25) is 9.80 Å². The third kappa shape index (κ3) is 3.38. The summed E-state index contributed by atoms with van der Waals surface area (Å²) in [6.45, 7) is 7.41. The van der Waals surface area contributed by atoms with Crippen molar-refractivity contribution in [3.05, 3.63) is 29.8 Å². The van der Waals surface area contributed by atoms with Crippen LogP contribution in [0.1, 0.15) is 25.8 Å². The molecule has 0 N–H and O–H groups in total. The number of rotatable bonds is 4. The monoisotopic (exact) mass is 314 g/mol. The predicted molar refractivity (Wildman–Crippen MR) is 77.6 cm³/mol. The van der Waals surface area contributed by atoms with E-state index in [1.807, 2.05) is 0 Å². The number of piperazine rings is 1. The van der Waals surface area contributed by atoms with Crippen molar-refractivity contribution >= 4 is 0 Å². The lowest BCUT2D eigenvalue weighted by atomic mass is 9.86. The summed E-state index contributed by atoms with van der Waals surface area (Å²) in [6.07, 6.45) is -3.39. The molecule has 3 aliphatic heterocycles. The van der Waals surface area contributed by atoms with E-state index in [0.717, 1.165) is 25.2 Å². The lowest BCUT2D eigenvalue weighted by Crippen LogP contribution is -2.68. The van der Waals surface area contributed by atoms with Gasteiger partial charge in [0.2, 0.25) is 0 Å². The second kappa shape index (κ2) is 5.74. The van der Waals surface area contributed by atoms with Crippen molar-refractivity contribution in [2.75, 3.05) is 13.1 Å². The number of benzene rings is 1. The normalized spacial score (nSPS) is 26.1. The average Bonchev–Trinajstić information content (AvgIpc) is 2.44. The van der Waals surface area contributed by atoms with Gasteiger partial charge in [-0.25, -0.2) is 0 Å². The van der Waals surface area contributed by atoms with Crippen molar-refractivity contribution in [1.29, 1.82) is 0 Å². The predicted octanol–water partition coefficient (Wildman–Crippen LogP) is 3.25. The molecule has 4 rings (SSSR count). The maximum atomic E-state index is 12.1. The summed E-state index contributed by atoms with van der Waals surface area (Å²) < 4.78 is 40.3. The van der Waals surface area contributed by atoms with Crippen LogP contribution in [0.15, 0.2) is 24.3 Å². The highest BCUT2D eigenvalue weighted by molar-refractivity contribution is 5.28. The van der Waals surface area contributed by atoms with Crippen LogP contribution in [0.25, 0.3) is 0 Å². The molecule has 1 aromatic carbocycles. The first-order valence-corrected chi connectivity index (χ1v) is 7.66. The minimum Gasteiger partial charge on any atom is -0.406 e. The van der Waals surface area contributed by atoms with Gasteiger partial charge >= 0.3 is 6.36 Å². The van der Waals surface area contributed by atoms with Gasteiger partial charge in [0.05, 0.1) is 0 Å². The number of fused-ring (bicyclic) bond motifs is 2. The first kappa shape index (κ1) is 15.6. The van der Waals surface area contributed by atoms with Crippen LogP contribution >= 0.6 is 0 Å². The molecular formula is C16H21F3N2O. The van der Waals surface area contributed by atoms with Gasteiger partial charge in [0, 0.05) is 37.8 Å². The number of ether oxygens (including phenoxy) is 1. The Morgan fingerprint density at radius 1 is 1.14 bits per heavy atom. The van der Waals surface area contributed by atoms with E-state index in [9.17, 15) is 13.2 Å². The minimum absolute atomic E-state index is 0.161. The lowest BCUT2D eigenvalue weighted by Gasteiger charge is -2.57. The standard InChI is InChI=1S/C16H21F3N2O/c1-11(2)20-9-13-7-14(10-20)21(13)8-12-3-5-15(6-4-12)22-16(17,18)19/h3-6,11,13-14H,7-10H2,1-2H3. The smallest absolute Gasteiger partial charge is 0.406 e. The second-order valence-electron chi connectivity index (χ2n) is 6.46. The molecule has 6 heteroatoms. The third-order valence-corrected chi connectivity index (χ3v) is 4.63. The van der Waals surface area contributed by atoms with Crippen LogP contribution in [0.5, 0.6) is 5.75 Å². The van der Waals surface area contributed by atoms with Crippen molar-refractivity contribution in [2.24, 2.45) is 0 Å². The Kier molecular flexibility index (Phi) is 4.07. The molecule has 0 spiro atoms. The Bertz CT molecular complexity index is 503. The van der Waals surface area contributed by atoms with Gasteiger partial charge < -0.3 is 4.74 Å². The molecule has 3 fully saturated rings. The summed E-state index contributed by atoms with van der Waals surface area (Å²) >= 11 is 0. The molecular weight excluding hydrogens is 293 g/mol. The van der Waals surface area contributed by atoms with E-state index in [2.05, 4.69) is 28.4 Å². The van der Waals surface area contributed by atoms with Crippen LogP contribution in [0.4, 0.5) is 13.2 Å². The van der Waals surface area contributed by atoms with Gasteiger partial charge in [-0.1, -0.05) is 12.1 Å². The van der Waals surface area contributed by atoms with E-state index < -0.39 is 6.36 Å². The molecule has 1 aromatic rings. The average molecular weight is 314 g/mol. The quantitative estimate of drug-likeness (QED) is 0.848. The zero-order chi connectivity index (χ0) is 15.9. The van der Waals surface area contributed by atoms with Crippen molar-refractivity contribution < 1.29 is 17.9 Å². The van der Waals surface area contributed by atoms with E-state index in [-0.39, 0.29) is 5.75 Å². The zero-order valence-corrected chi connectivity index (χ0v) is 12.8. The summed E-state index contributed by atoms with van der Waals surface area (Å²) in [5, 5.41) is 0. The fraction of sp³-hybridized carbons (Fsp3) is 0.625. The van der Waals surface area contributed by atoms with E-state index in [1.54, 1.807) is 12.1 Å². The fourth-order valence-electron chi connectivity index (χ4n) is 3.41. The molecule has 2 bridgehead atoms. The van der Waals surface area contributed by atoms with Gasteiger partial charge in [0.1, 0.15) is 5.75 Å². The van der Waals surface area contributed by atoms with Crippen molar-refractivity contribution in [3.8, 4) is 5.75 Å². The van der Waals surface area contributed by atoms with Gasteiger partial charge in [0.25, 0.3) is 0 Å². The molecule has 0 saturated carbocycles. The number of nitrogens with zero attached hydrogens (tertiary/aromatic N) is 2. The van der Waals surface area contributed by atoms with Crippen LogP contribution < -0.4 is 4.74 Å². The van der Waals surface area contributed by atoms with Crippen molar-refractivity contribution in [3.63, 3.8) is 0 Å². The van der Waals surface area contributed by atoms with Gasteiger partial charge in [0.15, 0.2) is 0 Å². The first-order valence-electron chi connectivity index (χ1n) is 7.66. The third-order valence-electron chi connectivity index (χ3n) is 4.63. The summed E-state index contributed by atoms with van der Waals surface area (Å²) in [7, 11) is 0. The number of halogens is 3. The molecule has 3 saturated heterocycles. The van der Waals surface area contributed by atoms with E-state index in [4.69, 9.17) is 0 Å². The highest BCUT2D eigenvalue weighted by atomic mass is 19.4. The second-order valence-corrected chi connectivity index (χ2v) is 6.46. The molecule has 22 heavy (non-hydrogen) atoms. The summed E-state index contributed by atoms with van der Waals surface area (Å²) in [5.41, 5.74) is 1.03. The van der Waals surface area contributed by atoms with Crippen LogP contribution in [0.3, 0.4) is 0 Å². The van der Waals surface area contributed by atoms with Gasteiger partial charge in [-0.2, -0.15) is 0 Å². The van der Waals surface area contributed by atoms with Crippen LogP contribution in [0.2, 0.25) is 0 Å². The SMILES string of the molecule is CC(C)N1CC2CC(C1)N2Cc1ccc(OC(F)(F)F)cc1. The summed E-state index contributed by atoms with van der Waals surface area (Å²) in [6, 6.07) is 7.94. The molecule has 0 amide bonds. The van der Waals surface area contributed by atoms with Crippen LogP contribution in [0, 0.1) is 0 Å². The zero-order valence-electron chi connectivity index (χ0n) is 12.8. The minimum atomic E-state index is -4.63. The highest BCUT2D eigenvalue weighted by Gasteiger charge is 2.44. The Labute approximate surface area is 128 Å². The molecule has 0 aliphatic carbocycles. The molecule has 0 radical (unpaired) electrons.